The lowest BCUT2D eigenvalue weighted by Crippen LogP contribution is -2.50. The van der Waals surface area contributed by atoms with Gasteiger partial charge in [-0.05, 0) is 26.4 Å². The first-order valence-corrected chi connectivity index (χ1v) is 6.01. The average molecular weight is 259 g/mol. The lowest BCUT2D eigenvalue weighted by atomic mass is 10.2. The van der Waals surface area contributed by atoms with E-state index < -0.39 is 24.6 Å². The highest BCUT2D eigenvalue weighted by Crippen LogP contribution is 2.15. The molecular weight excluding hydrogens is 238 g/mol. The second-order valence-corrected chi connectivity index (χ2v) is 4.68. The Bertz CT molecular complexity index is 311. The van der Waals surface area contributed by atoms with Crippen molar-refractivity contribution in [2.45, 2.75) is 24.9 Å². The number of aliphatic hydroxyl groups is 1. The number of likely N-dealkylation sites (N-methyl/N-ethyl adjacent to an activating group) is 2. The fourth-order valence-corrected chi connectivity index (χ4v) is 2.05. The van der Waals surface area contributed by atoms with Gasteiger partial charge in [-0.15, -0.1) is 0 Å². The molecule has 0 aliphatic carbocycles. The largest absolute Gasteiger partial charge is 0.480 e. The summed E-state index contributed by atoms with van der Waals surface area (Å²) in [5.41, 5.74) is 0. The van der Waals surface area contributed by atoms with Crippen molar-refractivity contribution < 1.29 is 19.8 Å². The molecule has 7 nitrogen and oxygen atoms in total. The highest BCUT2D eigenvalue weighted by Gasteiger charge is 2.26. The molecule has 0 aromatic rings. The SMILES string of the molecule is CN(CC1CCCN1C)C(=O)N[C@H](CO)C(=O)O. The zero-order valence-corrected chi connectivity index (χ0v) is 10.8. The third-order valence-corrected chi connectivity index (χ3v) is 3.28. The third-order valence-electron chi connectivity index (χ3n) is 3.28. The molecule has 1 unspecified atom stereocenters. The zero-order valence-electron chi connectivity index (χ0n) is 10.8. The highest BCUT2D eigenvalue weighted by molar-refractivity contribution is 5.82. The predicted octanol–water partition coefficient (Wildman–Crippen LogP) is -0.832. The van der Waals surface area contributed by atoms with Gasteiger partial charge in [0.1, 0.15) is 0 Å². The van der Waals surface area contributed by atoms with Crippen molar-refractivity contribution in [2.24, 2.45) is 0 Å². The van der Waals surface area contributed by atoms with Gasteiger partial charge >= 0.3 is 12.0 Å². The molecule has 104 valence electrons. The Hall–Kier alpha value is -1.34. The maximum atomic E-state index is 11.7. The summed E-state index contributed by atoms with van der Waals surface area (Å²) < 4.78 is 0. The molecule has 3 N–H and O–H groups in total. The molecule has 0 aromatic carbocycles. The molecule has 1 rings (SSSR count). The Morgan fingerprint density at radius 1 is 1.56 bits per heavy atom. The van der Waals surface area contributed by atoms with Crippen LogP contribution in [0.15, 0.2) is 0 Å². The Morgan fingerprint density at radius 2 is 2.22 bits per heavy atom. The summed E-state index contributed by atoms with van der Waals surface area (Å²) in [6, 6.07) is -1.41. The molecule has 0 radical (unpaired) electrons. The number of aliphatic carboxylic acids is 1. The minimum absolute atomic E-state index is 0.318. The van der Waals surface area contributed by atoms with Crippen LogP contribution in [0.1, 0.15) is 12.8 Å². The number of rotatable bonds is 5. The molecule has 2 atom stereocenters. The number of amides is 2. The van der Waals surface area contributed by atoms with Crippen molar-refractivity contribution in [3.05, 3.63) is 0 Å². The van der Waals surface area contributed by atoms with Gasteiger partial charge in [0.05, 0.1) is 6.61 Å². The minimum atomic E-state index is -1.25. The van der Waals surface area contributed by atoms with Gasteiger partial charge in [0.2, 0.25) is 0 Å². The van der Waals surface area contributed by atoms with Gasteiger partial charge < -0.3 is 25.3 Å². The first kappa shape index (κ1) is 14.7. The van der Waals surface area contributed by atoms with E-state index in [0.717, 1.165) is 19.4 Å². The summed E-state index contributed by atoms with van der Waals surface area (Å²) in [4.78, 5) is 26.1. The Kier molecular flexibility index (Phi) is 5.36. The van der Waals surface area contributed by atoms with Crippen LogP contribution in [0.5, 0.6) is 0 Å². The molecule has 0 aromatic heterocycles. The standard InChI is InChI=1S/C11H21N3O4/c1-13-5-3-4-8(13)6-14(2)11(18)12-9(7-15)10(16)17/h8-9,15H,3-7H2,1-2H3,(H,12,18)(H,16,17)/t8?,9-/m1/s1. The van der Waals surface area contributed by atoms with Gasteiger partial charge in [0.25, 0.3) is 0 Å². The van der Waals surface area contributed by atoms with Crippen LogP contribution in [0.25, 0.3) is 0 Å². The van der Waals surface area contributed by atoms with E-state index in [1.54, 1.807) is 7.05 Å². The monoisotopic (exact) mass is 259 g/mol. The first-order chi connectivity index (χ1) is 8.45. The highest BCUT2D eigenvalue weighted by atomic mass is 16.4. The number of carboxylic acids is 1. The Balaban J connectivity index is 2.43. The lowest BCUT2D eigenvalue weighted by molar-refractivity contribution is -0.140. The number of hydrogen-bond acceptors (Lipinski definition) is 4. The average Bonchev–Trinajstić information content (AvgIpc) is 2.71. The molecule has 1 aliphatic heterocycles. The number of nitrogens with zero attached hydrogens (tertiary/aromatic N) is 2. The fourth-order valence-electron chi connectivity index (χ4n) is 2.05. The van der Waals surface area contributed by atoms with Crippen molar-refractivity contribution in [1.82, 2.24) is 15.1 Å². The van der Waals surface area contributed by atoms with Crippen LogP contribution in [-0.4, -0.2) is 77.9 Å². The van der Waals surface area contributed by atoms with Gasteiger partial charge in [-0.3, -0.25) is 0 Å². The maximum absolute atomic E-state index is 11.7. The quantitative estimate of drug-likeness (QED) is 0.599. The molecule has 0 bridgehead atoms. The Morgan fingerprint density at radius 3 is 2.67 bits per heavy atom. The van der Waals surface area contributed by atoms with E-state index in [9.17, 15) is 9.59 Å². The summed E-state index contributed by atoms with van der Waals surface area (Å²) >= 11 is 0. The van der Waals surface area contributed by atoms with Crippen LogP contribution in [0.3, 0.4) is 0 Å². The normalized spacial score (nSPS) is 21.6. The van der Waals surface area contributed by atoms with E-state index >= 15 is 0 Å². The van der Waals surface area contributed by atoms with Gasteiger partial charge in [0.15, 0.2) is 6.04 Å². The van der Waals surface area contributed by atoms with Crippen LogP contribution in [0, 0.1) is 0 Å². The van der Waals surface area contributed by atoms with Crippen molar-refractivity contribution in [3.8, 4) is 0 Å². The third kappa shape index (κ3) is 3.85. The molecule has 0 spiro atoms. The maximum Gasteiger partial charge on any atom is 0.328 e. The van der Waals surface area contributed by atoms with E-state index in [1.165, 1.54) is 4.90 Å². The van der Waals surface area contributed by atoms with Crippen molar-refractivity contribution in [2.75, 3.05) is 33.8 Å². The molecule has 2 amide bonds. The van der Waals surface area contributed by atoms with Crippen LogP contribution in [0.4, 0.5) is 4.79 Å². The number of nitrogens with one attached hydrogen (secondary N) is 1. The van der Waals surface area contributed by atoms with Gasteiger partial charge in [-0.1, -0.05) is 0 Å². The number of carbonyl (C=O) groups is 2. The molecule has 1 fully saturated rings. The van der Waals surface area contributed by atoms with E-state index in [0.29, 0.717) is 12.6 Å². The van der Waals surface area contributed by atoms with Crippen LogP contribution in [-0.2, 0) is 4.79 Å². The smallest absolute Gasteiger partial charge is 0.328 e. The van der Waals surface area contributed by atoms with Crippen molar-refractivity contribution >= 4 is 12.0 Å². The number of carboxylic acid groups (broad SMARTS) is 1. The second kappa shape index (κ2) is 6.55. The first-order valence-electron chi connectivity index (χ1n) is 6.01. The summed E-state index contributed by atoms with van der Waals surface area (Å²) in [5.74, 6) is -1.24. The number of urea groups is 1. The van der Waals surface area contributed by atoms with Gasteiger partial charge in [-0.2, -0.15) is 0 Å². The molecule has 18 heavy (non-hydrogen) atoms. The molecule has 1 heterocycles. The summed E-state index contributed by atoms with van der Waals surface area (Å²) in [6.45, 7) is 0.965. The lowest BCUT2D eigenvalue weighted by Gasteiger charge is -2.26. The minimum Gasteiger partial charge on any atom is -0.480 e. The number of aliphatic hydroxyl groups excluding tert-OH is 1. The van der Waals surface area contributed by atoms with E-state index in [1.807, 2.05) is 7.05 Å². The molecule has 7 heteroatoms. The van der Waals surface area contributed by atoms with E-state index in [-0.39, 0.29) is 0 Å². The molecule has 1 aliphatic rings. The van der Waals surface area contributed by atoms with Crippen molar-refractivity contribution in [3.63, 3.8) is 0 Å². The van der Waals surface area contributed by atoms with Crippen LogP contribution < -0.4 is 5.32 Å². The zero-order chi connectivity index (χ0) is 13.7. The van der Waals surface area contributed by atoms with Crippen LogP contribution in [0.2, 0.25) is 0 Å². The number of likely N-dealkylation sites (tertiary alicyclic amines) is 1. The number of carbonyl (C=O) groups excluding carboxylic acids is 1. The molecule has 1 saturated heterocycles. The summed E-state index contributed by atoms with van der Waals surface area (Å²) in [6.07, 6.45) is 2.15. The fraction of sp³-hybridized carbons (Fsp3) is 0.818. The van der Waals surface area contributed by atoms with Gasteiger partial charge in [-0.25, -0.2) is 9.59 Å². The second-order valence-electron chi connectivity index (χ2n) is 4.68. The Labute approximate surface area is 106 Å². The van der Waals surface area contributed by atoms with Crippen LogP contribution >= 0.6 is 0 Å². The van der Waals surface area contributed by atoms with E-state index in [4.69, 9.17) is 10.2 Å². The molecular formula is C11H21N3O4. The van der Waals surface area contributed by atoms with E-state index in [2.05, 4.69) is 10.2 Å². The summed E-state index contributed by atoms with van der Waals surface area (Å²) in [7, 11) is 3.63. The van der Waals surface area contributed by atoms with Gasteiger partial charge in [0, 0.05) is 19.6 Å². The summed E-state index contributed by atoms with van der Waals surface area (Å²) in [5, 5.41) is 19.8. The number of hydrogen-bond donors (Lipinski definition) is 3. The predicted molar refractivity (Wildman–Crippen MR) is 65.3 cm³/mol. The molecule has 0 saturated carbocycles. The van der Waals surface area contributed by atoms with Crippen molar-refractivity contribution in [1.29, 1.82) is 0 Å². The topological polar surface area (TPSA) is 93.1 Å².